The number of carbonyl (C=O) groups excluding carboxylic acids is 1. The number of nitro benzene ring substituents is 1. The molecule has 98 valence electrons. The number of amides is 1. The number of hydrogen-bond donors (Lipinski definition) is 2. The van der Waals surface area contributed by atoms with Gasteiger partial charge < -0.3 is 11.1 Å². The Morgan fingerprint density at radius 2 is 2.28 bits per heavy atom. The minimum atomic E-state index is -0.654. The Morgan fingerprint density at radius 3 is 2.83 bits per heavy atom. The maximum absolute atomic E-state index is 11.7. The van der Waals surface area contributed by atoms with Crippen molar-refractivity contribution >= 4 is 33.2 Å². The zero-order valence-corrected chi connectivity index (χ0v) is 11.4. The van der Waals surface area contributed by atoms with Crippen LogP contribution in [0.25, 0.3) is 0 Å². The molecule has 0 aliphatic rings. The molecule has 1 aromatic carbocycles. The molecule has 0 aliphatic carbocycles. The third-order valence-corrected chi connectivity index (χ3v) is 2.84. The summed E-state index contributed by atoms with van der Waals surface area (Å²) in [5.74, 6) is -0.415. The molecule has 7 heteroatoms. The van der Waals surface area contributed by atoms with Gasteiger partial charge in [-0.05, 0) is 18.6 Å². The number of benzene rings is 1. The number of anilines is 1. The monoisotopic (exact) mass is 315 g/mol. The maximum Gasteiger partial charge on any atom is 0.293 e. The zero-order valence-electron chi connectivity index (χ0n) is 9.85. The van der Waals surface area contributed by atoms with Gasteiger partial charge in [0, 0.05) is 10.5 Å². The molecular formula is C11H14BrN3O3. The Hall–Kier alpha value is -1.47. The summed E-state index contributed by atoms with van der Waals surface area (Å²) >= 11 is 3.14. The van der Waals surface area contributed by atoms with E-state index in [0.29, 0.717) is 10.9 Å². The topological polar surface area (TPSA) is 98.3 Å². The van der Waals surface area contributed by atoms with Crippen molar-refractivity contribution in [3.05, 3.63) is 32.8 Å². The summed E-state index contributed by atoms with van der Waals surface area (Å²) in [6.45, 7) is 1.91. The Labute approximate surface area is 113 Å². The van der Waals surface area contributed by atoms with Gasteiger partial charge in [-0.1, -0.05) is 29.3 Å². The van der Waals surface area contributed by atoms with Gasteiger partial charge in [-0.25, -0.2) is 0 Å². The van der Waals surface area contributed by atoms with Gasteiger partial charge >= 0.3 is 0 Å². The largest absolute Gasteiger partial charge is 0.320 e. The SMILES string of the molecule is CCC[C@@H](N)C(=O)Nc1ccc(Br)cc1[N+](=O)[O-]. The first-order valence-electron chi connectivity index (χ1n) is 5.46. The van der Waals surface area contributed by atoms with Gasteiger partial charge in [0.25, 0.3) is 5.69 Å². The zero-order chi connectivity index (χ0) is 13.7. The van der Waals surface area contributed by atoms with Crippen LogP contribution in [0.1, 0.15) is 19.8 Å². The standard InChI is InChI=1S/C11H14BrN3O3/c1-2-3-8(13)11(16)14-9-5-4-7(12)6-10(9)15(17)18/h4-6,8H,2-3,13H2,1H3,(H,14,16)/t8-/m1/s1. The average Bonchev–Trinajstić information content (AvgIpc) is 2.31. The molecule has 1 amide bonds. The molecule has 0 aromatic heterocycles. The van der Waals surface area contributed by atoms with E-state index in [9.17, 15) is 14.9 Å². The van der Waals surface area contributed by atoms with Crippen molar-refractivity contribution in [3.8, 4) is 0 Å². The minimum Gasteiger partial charge on any atom is -0.320 e. The highest BCUT2D eigenvalue weighted by Gasteiger charge is 2.19. The molecular weight excluding hydrogens is 302 g/mol. The third-order valence-electron chi connectivity index (χ3n) is 2.35. The summed E-state index contributed by atoms with van der Waals surface area (Å²) in [4.78, 5) is 22.0. The molecule has 0 saturated carbocycles. The van der Waals surface area contributed by atoms with Crippen LogP contribution in [0.15, 0.2) is 22.7 Å². The summed E-state index contributed by atoms with van der Waals surface area (Å²) in [5, 5.41) is 13.3. The summed E-state index contributed by atoms with van der Waals surface area (Å²) in [5.41, 5.74) is 5.63. The lowest BCUT2D eigenvalue weighted by Gasteiger charge is -2.11. The van der Waals surface area contributed by atoms with E-state index < -0.39 is 16.9 Å². The van der Waals surface area contributed by atoms with E-state index in [1.54, 1.807) is 6.07 Å². The second kappa shape index (κ2) is 6.46. The fourth-order valence-electron chi connectivity index (χ4n) is 1.43. The second-order valence-corrected chi connectivity index (χ2v) is 4.72. The number of nitrogens with zero attached hydrogens (tertiary/aromatic N) is 1. The van der Waals surface area contributed by atoms with E-state index in [0.717, 1.165) is 6.42 Å². The lowest BCUT2D eigenvalue weighted by Crippen LogP contribution is -2.35. The van der Waals surface area contributed by atoms with Crippen molar-refractivity contribution in [3.63, 3.8) is 0 Å². The third kappa shape index (κ3) is 3.78. The van der Waals surface area contributed by atoms with Crippen LogP contribution in [0, 0.1) is 10.1 Å². The van der Waals surface area contributed by atoms with Crippen molar-refractivity contribution in [2.24, 2.45) is 5.73 Å². The first-order valence-corrected chi connectivity index (χ1v) is 6.25. The van der Waals surface area contributed by atoms with Crippen LogP contribution in [-0.2, 0) is 4.79 Å². The van der Waals surface area contributed by atoms with Crippen molar-refractivity contribution in [1.29, 1.82) is 0 Å². The summed E-state index contributed by atoms with van der Waals surface area (Å²) in [6, 6.07) is 3.77. The quantitative estimate of drug-likeness (QED) is 0.644. The smallest absolute Gasteiger partial charge is 0.293 e. The summed E-state index contributed by atoms with van der Waals surface area (Å²) in [6.07, 6.45) is 1.31. The molecule has 3 N–H and O–H groups in total. The van der Waals surface area contributed by atoms with E-state index >= 15 is 0 Å². The van der Waals surface area contributed by atoms with Gasteiger partial charge in [0.15, 0.2) is 0 Å². The van der Waals surface area contributed by atoms with Crippen molar-refractivity contribution < 1.29 is 9.72 Å². The Kier molecular flexibility index (Phi) is 5.24. The maximum atomic E-state index is 11.7. The molecule has 0 saturated heterocycles. The predicted molar refractivity (Wildman–Crippen MR) is 72.3 cm³/mol. The number of hydrogen-bond acceptors (Lipinski definition) is 4. The van der Waals surface area contributed by atoms with Crippen LogP contribution in [-0.4, -0.2) is 16.9 Å². The fourth-order valence-corrected chi connectivity index (χ4v) is 1.78. The van der Waals surface area contributed by atoms with E-state index in [2.05, 4.69) is 21.2 Å². The lowest BCUT2D eigenvalue weighted by atomic mass is 10.1. The van der Waals surface area contributed by atoms with Crippen LogP contribution in [0.3, 0.4) is 0 Å². The van der Waals surface area contributed by atoms with Gasteiger partial charge in [0.2, 0.25) is 5.91 Å². The van der Waals surface area contributed by atoms with Crippen LogP contribution >= 0.6 is 15.9 Å². The van der Waals surface area contributed by atoms with Gasteiger partial charge in [-0.15, -0.1) is 0 Å². The first kappa shape index (κ1) is 14.6. The van der Waals surface area contributed by atoms with Gasteiger partial charge in [0.1, 0.15) is 5.69 Å². The number of nitrogens with two attached hydrogens (primary N) is 1. The number of rotatable bonds is 5. The van der Waals surface area contributed by atoms with Gasteiger partial charge in [-0.3, -0.25) is 14.9 Å². The first-order chi connectivity index (χ1) is 8.45. The molecule has 1 rings (SSSR count). The molecule has 0 radical (unpaired) electrons. The van der Waals surface area contributed by atoms with Gasteiger partial charge in [0.05, 0.1) is 11.0 Å². The molecule has 0 unspecified atom stereocenters. The number of nitrogens with one attached hydrogen (secondary N) is 1. The number of carbonyl (C=O) groups is 1. The van der Waals surface area contributed by atoms with Crippen LogP contribution in [0.5, 0.6) is 0 Å². The van der Waals surface area contributed by atoms with E-state index in [4.69, 9.17) is 5.73 Å². The van der Waals surface area contributed by atoms with Crippen molar-refractivity contribution in [2.45, 2.75) is 25.8 Å². The average molecular weight is 316 g/mol. The lowest BCUT2D eigenvalue weighted by molar-refractivity contribution is -0.384. The molecule has 18 heavy (non-hydrogen) atoms. The Morgan fingerprint density at radius 1 is 1.61 bits per heavy atom. The molecule has 0 heterocycles. The molecule has 1 atom stereocenters. The minimum absolute atomic E-state index is 0.153. The molecule has 1 aromatic rings. The predicted octanol–water partition coefficient (Wildman–Crippen LogP) is 2.42. The van der Waals surface area contributed by atoms with E-state index in [1.165, 1.54) is 12.1 Å². The van der Waals surface area contributed by atoms with Crippen molar-refractivity contribution in [2.75, 3.05) is 5.32 Å². The molecule has 6 nitrogen and oxygen atoms in total. The fraction of sp³-hybridized carbons (Fsp3) is 0.364. The molecule has 0 fully saturated rings. The number of nitro groups is 1. The van der Waals surface area contributed by atoms with E-state index in [-0.39, 0.29) is 11.4 Å². The molecule has 0 bridgehead atoms. The highest BCUT2D eigenvalue weighted by molar-refractivity contribution is 9.10. The highest BCUT2D eigenvalue weighted by atomic mass is 79.9. The molecule has 0 spiro atoms. The second-order valence-electron chi connectivity index (χ2n) is 3.80. The van der Waals surface area contributed by atoms with Crippen molar-refractivity contribution in [1.82, 2.24) is 0 Å². The van der Waals surface area contributed by atoms with Crippen LogP contribution in [0.2, 0.25) is 0 Å². The van der Waals surface area contributed by atoms with Crippen LogP contribution < -0.4 is 11.1 Å². The number of halogens is 1. The molecule has 0 aliphatic heterocycles. The Bertz CT molecular complexity index is 465. The summed E-state index contributed by atoms with van der Waals surface area (Å²) in [7, 11) is 0. The summed E-state index contributed by atoms with van der Waals surface area (Å²) < 4.78 is 0.574. The highest BCUT2D eigenvalue weighted by Crippen LogP contribution is 2.28. The van der Waals surface area contributed by atoms with E-state index in [1.807, 2.05) is 6.92 Å². The normalized spacial score (nSPS) is 11.9. The van der Waals surface area contributed by atoms with Crippen LogP contribution in [0.4, 0.5) is 11.4 Å². The van der Waals surface area contributed by atoms with Gasteiger partial charge in [-0.2, -0.15) is 0 Å². The Balaban J connectivity index is 2.90.